The quantitative estimate of drug-likeness (QED) is 0.298. The standard InChI is InChI=1S/C26H29BrFN5O6S/c1-3-38-26(36)21-19(13-33-8-10-37-14-20(33)24(35)29-6-9-39-15(2)34)31-23(25-30-7-11-40-25)32-22(21)17-5-4-16(28)12-18(17)27/h4-5,7,11-12,20,22H,3,6,8-10,13-14H2,1-2H3,(H,29,35)(H,31,32). The highest BCUT2D eigenvalue weighted by molar-refractivity contribution is 9.10. The highest BCUT2D eigenvalue weighted by atomic mass is 79.9. The van der Waals surface area contributed by atoms with E-state index < -0.39 is 29.8 Å². The van der Waals surface area contributed by atoms with Crippen LogP contribution in [0, 0.1) is 5.82 Å². The van der Waals surface area contributed by atoms with Gasteiger partial charge >= 0.3 is 11.9 Å². The number of morpholine rings is 1. The van der Waals surface area contributed by atoms with Crippen LogP contribution in [-0.4, -0.2) is 85.7 Å². The van der Waals surface area contributed by atoms with Gasteiger partial charge in [0.2, 0.25) is 5.91 Å². The number of hydrogen-bond acceptors (Lipinski definition) is 11. The summed E-state index contributed by atoms with van der Waals surface area (Å²) in [5, 5.41) is 8.44. The van der Waals surface area contributed by atoms with Crippen molar-refractivity contribution in [3.05, 3.63) is 61.9 Å². The third kappa shape index (κ3) is 7.30. The normalized spacial score (nSPS) is 19.4. The van der Waals surface area contributed by atoms with Crippen LogP contribution in [0.3, 0.4) is 0 Å². The summed E-state index contributed by atoms with van der Waals surface area (Å²) < 4.78 is 30.3. The van der Waals surface area contributed by atoms with E-state index in [-0.39, 0.29) is 44.4 Å². The largest absolute Gasteiger partial charge is 0.464 e. The summed E-state index contributed by atoms with van der Waals surface area (Å²) in [7, 11) is 0. The van der Waals surface area contributed by atoms with Gasteiger partial charge in [0.05, 0.1) is 31.9 Å². The van der Waals surface area contributed by atoms with E-state index in [4.69, 9.17) is 19.2 Å². The Labute approximate surface area is 242 Å². The molecule has 2 N–H and O–H groups in total. The monoisotopic (exact) mass is 637 g/mol. The van der Waals surface area contributed by atoms with Crippen molar-refractivity contribution in [3.8, 4) is 0 Å². The SMILES string of the molecule is CCOC(=O)C1=C(CN2CCOCC2C(=O)NCCOC(C)=O)NC(c2nccs2)=NC1c1ccc(F)cc1Br. The molecule has 0 aliphatic carbocycles. The lowest BCUT2D eigenvalue weighted by atomic mass is 9.95. The molecule has 2 aliphatic heterocycles. The van der Waals surface area contributed by atoms with Crippen molar-refractivity contribution in [2.24, 2.45) is 4.99 Å². The number of thiazole rings is 1. The second kappa shape index (κ2) is 13.9. The topological polar surface area (TPSA) is 131 Å². The van der Waals surface area contributed by atoms with Crippen molar-refractivity contribution in [1.82, 2.24) is 20.5 Å². The number of esters is 2. The number of hydrogen-bond donors (Lipinski definition) is 2. The molecule has 214 valence electrons. The number of rotatable bonds is 10. The molecule has 1 aromatic carbocycles. The Bertz CT molecular complexity index is 1300. The Balaban J connectivity index is 1.70. The van der Waals surface area contributed by atoms with E-state index in [2.05, 4.69) is 31.5 Å². The number of nitrogens with one attached hydrogen (secondary N) is 2. The number of carbonyl (C=O) groups is 3. The van der Waals surface area contributed by atoms with Crippen LogP contribution in [0.25, 0.3) is 0 Å². The molecule has 1 amide bonds. The Morgan fingerprint density at radius 1 is 1.32 bits per heavy atom. The van der Waals surface area contributed by atoms with Crippen LogP contribution in [-0.2, 0) is 28.6 Å². The average Bonchev–Trinajstić information content (AvgIpc) is 3.46. The minimum absolute atomic E-state index is 0.0518. The molecular formula is C26H29BrFN5O6S. The molecule has 0 bridgehead atoms. The van der Waals surface area contributed by atoms with Crippen molar-refractivity contribution in [1.29, 1.82) is 0 Å². The molecule has 0 spiro atoms. The van der Waals surface area contributed by atoms with Crippen molar-refractivity contribution < 1.29 is 33.0 Å². The zero-order valence-electron chi connectivity index (χ0n) is 21.9. The maximum Gasteiger partial charge on any atom is 0.338 e. The summed E-state index contributed by atoms with van der Waals surface area (Å²) >= 11 is 4.80. The fourth-order valence-corrected chi connectivity index (χ4v) is 5.48. The highest BCUT2D eigenvalue weighted by Gasteiger charge is 2.37. The molecule has 11 nitrogen and oxygen atoms in total. The average molecular weight is 639 g/mol. The van der Waals surface area contributed by atoms with Crippen molar-refractivity contribution >= 4 is 50.9 Å². The van der Waals surface area contributed by atoms with Gasteiger partial charge in [0, 0.05) is 41.8 Å². The van der Waals surface area contributed by atoms with Gasteiger partial charge in [0.25, 0.3) is 0 Å². The van der Waals surface area contributed by atoms with E-state index in [9.17, 15) is 18.8 Å². The van der Waals surface area contributed by atoms with Crippen LogP contribution in [0.2, 0.25) is 0 Å². The van der Waals surface area contributed by atoms with Gasteiger partial charge in [-0.25, -0.2) is 14.2 Å². The number of amidine groups is 1. The van der Waals surface area contributed by atoms with Gasteiger partial charge in [-0.3, -0.25) is 19.5 Å². The number of ether oxygens (including phenoxy) is 3. The van der Waals surface area contributed by atoms with Crippen LogP contribution in [0.5, 0.6) is 0 Å². The van der Waals surface area contributed by atoms with Gasteiger partial charge in [-0.2, -0.15) is 0 Å². The van der Waals surface area contributed by atoms with E-state index in [1.165, 1.54) is 30.4 Å². The summed E-state index contributed by atoms with van der Waals surface area (Å²) in [6.45, 7) is 4.46. The number of nitrogens with zero attached hydrogens (tertiary/aromatic N) is 3. The van der Waals surface area contributed by atoms with Crippen molar-refractivity contribution in [2.45, 2.75) is 25.9 Å². The predicted molar refractivity (Wildman–Crippen MR) is 148 cm³/mol. The van der Waals surface area contributed by atoms with E-state index in [0.29, 0.717) is 39.7 Å². The van der Waals surface area contributed by atoms with Gasteiger partial charge in [0.1, 0.15) is 24.5 Å². The van der Waals surface area contributed by atoms with Gasteiger partial charge in [-0.05, 0) is 24.6 Å². The van der Waals surface area contributed by atoms with Crippen LogP contribution in [0.4, 0.5) is 4.39 Å². The number of aromatic nitrogens is 1. The summed E-state index contributed by atoms with van der Waals surface area (Å²) in [4.78, 5) is 48.5. The number of carbonyl (C=O) groups excluding carboxylic acids is 3. The molecule has 2 aromatic rings. The number of aliphatic imine (C=N–C) groups is 1. The number of benzene rings is 1. The van der Waals surface area contributed by atoms with Crippen LogP contribution in [0.1, 0.15) is 30.5 Å². The molecule has 14 heteroatoms. The van der Waals surface area contributed by atoms with Crippen LogP contribution in [0.15, 0.2) is 50.5 Å². The molecule has 1 fully saturated rings. The predicted octanol–water partition coefficient (Wildman–Crippen LogP) is 2.33. The maximum absolute atomic E-state index is 14.0. The summed E-state index contributed by atoms with van der Waals surface area (Å²) in [5.41, 5.74) is 1.30. The highest BCUT2D eigenvalue weighted by Crippen LogP contribution is 2.37. The first kappa shape index (κ1) is 29.8. The first-order valence-corrected chi connectivity index (χ1v) is 14.3. The zero-order valence-corrected chi connectivity index (χ0v) is 24.3. The summed E-state index contributed by atoms with van der Waals surface area (Å²) in [6.07, 6.45) is 1.65. The first-order valence-electron chi connectivity index (χ1n) is 12.6. The molecule has 40 heavy (non-hydrogen) atoms. The zero-order chi connectivity index (χ0) is 28.6. The lowest BCUT2D eigenvalue weighted by Crippen LogP contribution is -2.55. The van der Waals surface area contributed by atoms with Gasteiger partial charge < -0.3 is 24.8 Å². The summed E-state index contributed by atoms with van der Waals surface area (Å²) in [6, 6.07) is 2.70. The van der Waals surface area contributed by atoms with Gasteiger partial charge in [0.15, 0.2) is 10.8 Å². The Hall–Kier alpha value is -3.20. The molecule has 3 heterocycles. The fraction of sp³-hybridized carbons (Fsp3) is 0.423. The lowest BCUT2D eigenvalue weighted by Gasteiger charge is -2.37. The fourth-order valence-electron chi connectivity index (χ4n) is 4.33. The number of amides is 1. The molecule has 0 saturated carbocycles. The minimum atomic E-state index is -0.832. The molecule has 2 unspecified atom stereocenters. The van der Waals surface area contributed by atoms with Crippen molar-refractivity contribution in [3.63, 3.8) is 0 Å². The molecule has 1 aromatic heterocycles. The molecule has 4 rings (SSSR count). The van der Waals surface area contributed by atoms with E-state index >= 15 is 0 Å². The molecule has 2 aliphatic rings. The molecule has 0 radical (unpaired) electrons. The van der Waals surface area contributed by atoms with Crippen LogP contribution < -0.4 is 10.6 Å². The first-order chi connectivity index (χ1) is 19.3. The Morgan fingerprint density at radius 2 is 2.15 bits per heavy atom. The summed E-state index contributed by atoms with van der Waals surface area (Å²) in [5.74, 6) is -1.31. The molecule has 1 saturated heterocycles. The second-order valence-electron chi connectivity index (χ2n) is 8.81. The van der Waals surface area contributed by atoms with Gasteiger partial charge in [-0.1, -0.05) is 22.0 Å². The minimum Gasteiger partial charge on any atom is -0.464 e. The number of halogens is 2. The third-order valence-corrected chi connectivity index (χ3v) is 7.59. The van der Waals surface area contributed by atoms with Gasteiger partial charge in [-0.15, -0.1) is 11.3 Å². The van der Waals surface area contributed by atoms with E-state index in [1.54, 1.807) is 19.2 Å². The second-order valence-corrected chi connectivity index (χ2v) is 10.6. The molecule has 2 atom stereocenters. The van der Waals surface area contributed by atoms with E-state index in [1.807, 2.05) is 10.3 Å². The van der Waals surface area contributed by atoms with E-state index in [0.717, 1.165) is 0 Å². The maximum atomic E-state index is 14.0. The van der Waals surface area contributed by atoms with Crippen LogP contribution >= 0.6 is 27.3 Å². The smallest absolute Gasteiger partial charge is 0.338 e. The third-order valence-electron chi connectivity index (χ3n) is 6.12. The Kier molecular flexibility index (Phi) is 10.4. The van der Waals surface area contributed by atoms with Crippen molar-refractivity contribution in [2.75, 3.05) is 46.1 Å². The molecular weight excluding hydrogens is 609 g/mol. The Morgan fingerprint density at radius 3 is 2.85 bits per heavy atom. The lowest BCUT2D eigenvalue weighted by molar-refractivity contribution is -0.142.